The van der Waals surface area contributed by atoms with E-state index in [4.69, 9.17) is 4.74 Å². The van der Waals surface area contributed by atoms with Crippen LogP contribution in [0.4, 0.5) is 0 Å². The summed E-state index contributed by atoms with van der Waals surface area (Å²) in [6.07, 6.45) is 0.250. The molecule has 4 heteroatoms. The summed E-state index contributed by atoms with van der Waals surface area (Å²) >= 11 is 0. The van der Waals surface area contributed by atoms with Crippen molar-refractivity contribution in [2.45, 2.75) is 13.3 Å². The highest BCUT2D eigenvalue weighted by atomic mass is 16.5. The van der Waals surface area contributed by atoms with E-state index in [0.29, 0.717) is 17.1 Å². The summed E-state index contributed by atoms with van der Waals surface area (Å²) in [7, 11) is 1.53. The number of hydrogen-bond acceptors (Lipinski definition) is 4. The van der Waals surface area contributed by atoms with Crippen LogP contribution in [0.15, 0.2) is 36.4 Å². The second-order valence-corrected chi connectivity index (χ2v) is 4.04. The lowest BCUT2D eigenvalue weighted by atomic mass is 10.0. The van der Waals surface area contributed by atoms with E-state index in [1.54, 1.807) is 12.1 Å². The van der Waals surface area contributed by atoms with Crippen LogP contribution in [0.25, 0.3) is 0 Å². The first-order valence-corrected chi connectivity index (χ1v) is 5.65. The molecule has 0 saturated heterocycles. The summed E-state index contributed by atoms with van der Waals surface area (Å²) in [5.74, 6) is 0.486. The Balaban J connectivity index is 2.11. The Bertz CT molecular complexity index is 550. The van der Waals surface area contributed by atoms with E-state index in [0.717, 1.165) is 5.56 Å². The van der Waals surface area contributed by atoms with Gasteiger partial charge in [-0.25, -0.2) is 0 Å². The lowest BCUT2D eigenvalue weighted by Gasteiger charge is -2.02. The van der Waals surface area contributed by atoms with Gasteiger partial charge >= 0.3 is 0 Å². The monoisotopic (exact) mass is 242 g/mol. The number of methoxy groups -OCH3 is 1. The van der Waals surface area contributed by atoms with Crippen LogP contribution < -0.4 is 4.74 Å². The molecule has 0 saturated carbocycles. The molecule has 0 N–H and O–H groups in total. The van der Waals surface area contributed by atoms with Gasteiger partial charge in [0.2, 0.25) is 5.88 Å². The maximum atomic E-state index is 12.0. The molecular formula is C14H14N2O2. The third-order valence-corrected chi connectivity index (χ3v) is 2.59. The predicted octanol–water partition coefficient (Wildman–Crippen LogP) is 2.22. The van der Waals surface area contributed by atoms with Gasteiger partial charge in [0.1, 0.15) is 0 Å². The Labute approximate surface area is 106 Å². The van der Waals surface area contributed by atoms with Gasteiger partial charge in [-0.1, -0.05) is 23.8 Å². The Morgan fingerprint density at radius 1 is 1.22 bits per heavy atom. The van der Waals surface area contributed by atoms with Gasteiger partial charge in [-0.3, -0.25) is 4.79 Å². The SMILES string of the molecule is COc1ccc(CC(=O)c2cccc(C)c2)nn1. The zero-order chi connectivity index (χ0) is 13.0. The quantitative estimate of drug-likeness (QED) is 0.771. The zero-order valence-electron chi connectivity index (χ0n) is 10.4. The predicted molar refractivity (Wildman–Crippen MR) is 67.8 cm³/mol. The first-order chi connectivity index (χ1) is 8.69. The molecule has 2 rings (SSSR count). The number of carbonyl (C=O) groups is 1. The van der Waals surface area contributed by atoms with Crippen LogP contribution >= 0.6 is 0 Å². The molecule has 0 unspecified atom stereocenters. The largest absolute Gasteiger partial charge is 0.480 e. The van der Waals surface area contributed by atoms with E-state index in [1.165, 1.54) is 7.11 Å². The van der Waals surface area contributed by atoms with Crippen molar-refractivity contribution in [1.29, 1.82) is 0 Å². The molecule has 1 heterocycles. The number of aromatic nitrogens is 2. The highest BCUT2D eigenvalue weighted by molar-refractivity contribution is 5.97. The number of benzene rings is 1. The average Bonchev–Trinajstić information content (AvgIpc) is 2.39. The second kappa shape index (κ2) is 5.40. The minimum Gasteiger partial charge on any atom is -0.480 e. The minimum atomic E-state index is 0.0400. The van der Waals surface area contributed by atoms with Gasteiger partial charge in [-0.15, -0.1) is 5.10 Å². The number of ketones is 1. The van der Waals surface area contributed by atoms with E-state index in [-0.39, 0.29) is 12.2 Å². The van der Waals surface area contributed by atoms with Crippen molar-refractivity contribution in [3.8, 4) is 5.88 Å². The molecule has 92 valence electrons. The molecule has 0 bridgehead atoms. The molecule has 2 aromatic rings. The Kier molecular flexibility index (Phi) is 3.67. The zero-order valence-corrected chi connectivity index (χ0v) is 10.4. The van der Waals surface area contributed by atoms with Gasteiger partial charge in [0.05, 0.1) is 19.2 Å². The van der Waals surface area contributed by atoms with Gasteiger partial charge in [0, 0.05) is 11.6 Å². The number of aryl methyl sites for hydroxylation is 1. The average molecular weight is 242 g/mol. The van der Waals surface area contributed by atoms with Crippen molar-refractivity contribution in [2.75, 3.05) is 7.11 Å². The van der Waals surface area contributed by atoms with E-state index in [2.05, 4.69) is 10.2 Å². The molecule has 0 aliphatic rings. The van der Waals surface area contributed by atoms with Crippen LogP contribution in [0.2, 0.25) is 0 Å². The van der Waals surface area contributed by atoms with Crippen LogP contribution in [0.5, 0.6) is 5.88 Å². The van der Waals surface area contributed by atoms with E-state index < -0.39 is 0 Å². The topological polar surface area (TPSA) is 52.1 Å². The Hall–Kier alpha value is -2.23. The third kappa shape index (κ3) is 2.91. The molecule has 4 nitrogen and oxygen atoms in total. The summed E-state index contributed by atoms with van der Waals surface area (Å²) in [4.78, 5) is 12.0. The standard InChI is InChI=1S/C14H14N2O2/c1-10-4-3-5-11(8-10)13(17)9-12-6-7-14(18-2)16-15-12/h3-8H,9H2,1-2H3. The van der Waals surface area contributed by atoms with Crippen molar-refractivity contribution in [3.05, 3.63) is 53.2 Å². The maximum Gasteiger partial charge on any atom is 0.233 e. The first kappa shape index (κ1) is 12.2. The fraction of sp³-hybridized carbons (Fsp3) is 0.214. The summed E-state index contributed by atoms with van der Waals surface area (Å²) in [6, 6.07) is 11.0. The van der Waals surface area contributed by atoms with Gasteiger partial charge in [0.25, 0.3) is 0 Å². The highest BCUT2D eigenvalue weighted by Crippen LogP contribution is 2.09. The number of ether oxygens (including phenoxy) is 1. The summed E-state index contributed by atoms with van der Waals surface area (Å²) < 4.78 is 4.92. The third-order valence-electron chi connectivity index (χ3n) is 2.59. The van der Waals surface area contributed by atoms with Crippen LogP contribution in [0.1, 0.15) is 21.6 Å². The molecule has 0 atom stereocenters. The first-order valence-electron chi connectivity index (χ1n) is 5.65. The number of rotatable bonds is 4. The summed E-state index contributed by atoms with van der Waals surface area (Å²) in [5, 5.41) is 7.78. The van der Waals surface area contributed by atoms with Crippen molar-refractivity contribution >= 4 is 5.78 Å². The number of Topliss-reactive ketones (excluding diaryl/α,β-unsaturated/α-hetero) is 1. The number of hydrogen-bond donors (Lipinski definition) is 0. The number of carbonyl (C=O) groups excluding carboxylic acids is 1. The van der Waals surface area contributed by atoms with Gasteiger partial charge in [-0.2, -0.15) is 5.10 Å². The van der Waals surface area contributed by atoms with Crippen LogP contribution in [-0.4, -0.2) is 23.1 Å². The molecule has 0 spiro atoms. The Morgan fingerprint density at radius 2 is 2.06 bits per heavy atom. The van der Waals surface area contributed by atoms with Crippen molar-refractivity contribution in [1.82, 2.24) is 10.2 Å². The maximum absolute atomic E-state index is 12.0. The molecule has 1 aromatic carbocycles. The Morgan fingerprint density at radius 3 is 2.67 bits per heavy atom. The fourth-order valence-corrected chi connectivity index (χ4v) is 1.64. The number of nitrogens with zero attached hydrogens (tertiary/aromatic N) is 2. The lowest BCUT2D eigenvalue weighted by molar-refractivity contribution is 0.0991. The molecule has 1 aromatic heterocycles. The molecule has 0 fully saturated rings. The molecule has 0 amide bonds. The second-order valence-electron chi connectivity index (χ2n) is 4.04. The van der Waals surface area contributed by atoms with Gasteiger partial charge < -0.3 is 4.74 Å². The minimum absolute atomic E-state index is 0.0400. The van der Waals surface area contributed by atoms with Crippen LogP contribution in [0, 0.1) is 6.92 Å². The molecule has 18 heavy (non-hydrogen) atoms. The van der Waals surface area contributed by atoms with Crippen molar-refractivity contribution in [3.63, 3.8) is 0 Å². The normalized spacial score (nSPS) is 10.1. The fourth-order valence-electron chi connectivity index (χ4n) is 1.64. The van der Waals surface area contributed by atoms with E-state index in [1.807, 2.05) is 31.2 Å². The van der Waals surface area contributed by atoms with Crippen LogP contribution in [0.3, 0.4) is 0 Å². The summed E-state index contributed by atoms with van der Waals surface area (Å²) in [5.41, 5.74) is 2.41. The van der Waals surface area contributed by atoms with Crippen LogP contribution in [-0.2, 0) is 6.42 Å². The van der Waals surface area contributed by atoms with Gasteiger partial charge in [-0.05, 0) is 19.1 Å². The molecule has 0 radical (unpaired) electrons. The smallest absolute Gasteiger partial charge is 0.233 e. The molecular weight excluding hydrogens is 228 g/mol. The van der Waals surface area contributed by atoms with Gasteiger partial charge in [0.15, 0.2) is 5.78 Å². The highest BCUT2D eigenvalue weighted by Gasteiger charge is 2.08. The lowest BCUT2D eigenvalue weighted by Crippen LogP contribution is -2.06. The van der Waals surface area contributed by atoms with E-state index in [9.17, 15) is 4.79 Å². The van der Waals surface area contributed by atoms with Crippen molar-refractivity contribution < 1.29 is 9.53 Å². The molecule has 0 aliphatic heterocycles. The van der Waals surface area contributed by atoms with E-state index >= 15 is 0 Å². The van der Waals surface area contributed by atoms with Crippen molar-refractivity contribution in [2.24, 2.45) is 0 Å². The molecule has 0 aliphatic carbocycles. The summed E-state index contributed by atoms with van der Waals surface area (Å²) in [6.45, 7) is 1.96.